The minimum absolute atomic E-state index is 0.448. The van der Waals surface area contributed by atoms with Gasteiger partial charge in [0.05, 0.1) is 5.56 Å². The van der Waals surface area contributed by atoms with Crippen molar-refractivity contribution < 1.29 is 11.7 Å². The van der Waals surface area contributed by atoms with Crippen LogP contribution in [-0.4, -0.2) is 5.75 Å². The highest BCUT2D eigenvalue weighted by molar-refractivity contribution is 7.99. The van der Waals surface area contributed by atoms with Gasteiger partial charge in [0.2, 0.25) is 5.69 Å². The van der Waals surface area contributed by atoms with E-state index >= 15 is 0 Å². The highest BCUT2D eigenvalue weighted by Gasteiger charge is 2.23. The lowest BCUT2D eigenvalue weighted by molar-refractivity contribution is -0.660. The second-order valence-electron chi connectivity index (χ2n) is 7.76. The van der Waals surface area contributed by atoms with Crippen molar-refractivity contribution in [3.8, 4) is 22.4 Å². The number of nitrogens with zero attached hydrogens (tertiary/aromatic N) is 1. The molecule has 0 aliphatic carbocycles. The quantitative estimate of drug-likeness (QED) is 0.301. The second-order valence-corrected chi connectivity index (χ2v) is 8.78. The molecular weight excluding hydrogens is 386 g/mol. The molecule has 0 saturated heterocycles. The Morgan fingerprint density at radius 3 is 2.63 bits per heavy atom. The van der Waals surface area contributed by atoms with E-state index in [1.165, 1.54) is 0 Å². The SMILES string of the molecule is [2H]C1([2H])CSc2cccc(-c3cccc4c3oc3c(-c5cccc[n+]5C)c(C)ccc34)c21. The number of aryl methyl sites for hydroxylation is 2. The van der Waals surface area contributed by atoms with E-state index < -0.39 is 6.37 Å². The van der Waals surface area contributed by atoms with Gasteiger partial charge in [-0.3, -0.25) is 0 Å². The van der Waals surface area contributed by atoms with Gasteiger partial charge in [-0.15, -0.1) is 11.8 Å². The Kier molecular flexibility index (Phi) is 3.54. The number of rotatable bonds is 2. The number of thioether (sulfide) groups is 1. The van der Waals surface area contributed by atoms with Gasteiger partial charge < -0.3 is 4.42 Å². The Bertz CT molecular complexity index is 1540. The lowest BCUT2D eigenvalue weighted by Crippen LogP contribution is -2.30. The standard InChI is InChI=1S/C27H22NOS/c1-17-12-13-22-21-9-5-8-20(18-7-6-11-24-19(18)14-16-30-24)26(21)29-27(22)25(17)23-10-3-4-15-28(23)2/h3-13,15H,14,16H2,1-2H3/q+1/i14D2. The molecule has 146 valence electrons. The predicted molar refractivity (Wildman–Crippen MR) is 125 cm³/mol. The summed E-state index contributed by atoms with van der Waals surface area (Å²) >= 11 is 1.59. The maximum Gasteiger partial charge on any atom is 0.216 e. The van der Waals surface area contributed by atoms with Crippen LogP contribution in [0.1, 0.15) is 13.9 Å². The molecule has 0 amide bonds. The van der Waals surface area contributed by atoms with Crippen molar-refractivity contribution in [3.63, 3.8) is 0 Å². The third kappa shape index (κ3) is 2.55. The Morgan fingerprint density at radius 1 is 0.900 bits per heavy atom. The third-order valence-electron chi connectivity index (χ3n) is 5.98. The molecule has 1 aliphatic rings. The van der Waals surface area contributed by atoms with E-state index in [-0.39, 0.29) is 0 Å². The number of benzene rings is 3. The summed E-state index contributed by atoms with van der Waals surface area (Å²) in [6.07, 6.45) is 0.693. The lowest BCUT2D eigenvalue weighted by atomic mass is 9.96. The minimum Gasteiger partial charge on any atom is -0.454 e. The first-order valence-electron chi connectivity index (χ1n) is 11.1. The first kappa shape index (κ1) is 15.8. The van der Waals surface area contributed by atoms with Gasteiger partial charge in [0.15, 0.2) is 6.20 Å². The summed E-state index contributed by atoms with van der Waals surface area (Å²) in [5.74, 6) is 0.448. The molecule has 3 aromatic carbocycles. The first-order chi connectivity index (χ1) is 15.5. The molecule has 2 aromatic heterocycles. The molecule has 1 aliphatic heterocycles. The van der Waals surface area contributed by atoms with Crippen molar-refractivity contribution in [1.29, 1.82) is 0 Å². The maximum atomic E-state index is 8.58. The van der Waals surface area contributed by atoms with Crippen LogP contribution < -0.4 is 4.57 Å². The van der Waals surface area contributed by atoms with Crippen molar-refractivity contribution in [1.82, 2.24) is 0 Å². The zero-order chi connectivity index (χ0) is 22.0. The lowest BCUT2D eigenvalue weighted by Gasteiger charge is -2.08. The zero-order valence-electron chi connectivity index (χ0n) is 18.9. The Hall–Kier alpha value is -3.04. The number of fused-ring (bicyclic) bond motifs is 4. The zero-order valence-corrected chi connectivity index (χ0v) is 17.7. The van der Waals surface area contributed by atoms with E-state index in [1.807, 2.05) is 30.3 Å². The fraction of sp³-hybridized carbons (Fsp3) is 0.148. The van der Waals surface area contributed by atoms with Crippen LogP contribution in [0.4, 0.5) is 0 Å². The van der Waals surface area contributed by atoms with Crippen LogP contribution in [-0.2, 0) is 13.4 Å². The average Bonchev–Trinajstić information content (AvgIpc) is 3.31. The van der Waals surface area contributed by atoms with Crippen LogP contribution in [0.15, 0.2) is 82.2 Å². The molecule has 0 N–H and O–H groups in total. The predicted octanol–water partition coefficient (Wildman–Crippen LogP) is 6.70. The van der Waals surface area contributed by atoms with Gasteiger partial charge in [0.1, 0.15) is 18.2 Å². The molecule has 2 nitrogen and oxygen atoms in total. The van der Waals surface area contributed by atoms with Crippen LogP contribution in [0.3, 0.4) is 0 Å². The van der Waals surface area contributed by atoms with Gasteiger partial charge in [-0.2, -0.15) is 0 Å². The summed E-state index contributed by atoms with van der Waals surface area (Å²) < 4.78 is 25.9. The summed E-state index contributed by atoms with van der Waals surface area (Å²) in [6, 6.07) is 22.7. The minimum atomic E-state index is -1.36. The normalized spacial score (nSPS) is 15.9. The summed E-state index contributed by atoms with van der Waals surface area (Å²) in [5.41, 5.74) is 7.69. The molecule has 5 aromatic rings. The van der Waals surface area contributed by atoms with Crippen molar-refractivity contribution in [2.45, 2.75) is 18.2 Å². The Morgan fingerprint density at radius 2 is 1.73 bits per heavy atom. The Balaban J connectivity index is 1.69. The van der Waals surface area contributed by atoms with Gasteiger partial charge in [-0.1, -0.05) is 42.5 Å². The molecule has 30 heavy (non-hydrogen) atoms. The van der Waals surface area contributed by atoms with Gasteiger partial charge in [0, 0.05) is 41.9 Å². The van der Waals surface area contributed by atoms with E-state index in [9.17, 15) is 0 Å². The molecule has 6 rings (SSSR count). The average molecular weight is 411 g/mol. The molecule has 0 radical (unpaired) electrons. The molecule has 0 unspecified atom stereocenters. The first-order valence-corrected chi connectivity index (χ1v) is 11.1. The maximum absolute atomic E-state index is 8.58. The highest BCUT2D eigenvalue weighted by atomic mass is 32.2. The topological polar surface area (TPSA) is 17.0 Å². The highest BCUT2D eigenvalue weighted by Crippen LogP contribution is 2.43. The fourth-order valence-corrected chi connectivity index (χ4v) is 5.39. The molecule has 0 fully saturated rings. The van der Waals surface area contributed by atoms with E-state index in [2.05, 4.69) is 61.1 Å². The van der Waals surface area contributed by atoms with Crippen LogP contribution in [0.2, 0.25) is 0 Å². The molecule has 3 heterocycles. The number of hydrogen-bond donors (Lipinski definition) is 0. The van der Waals surface area contributed by atoms with Crippen molar-refractivity contribution in [2.24, 2.45) is 7.05 Å². The summed E-state index contributed by atoms with van der Waals surface area (Å²) in [4.78, 5) is 1.02. The molecule has 0 bridgehead atoms. The largest absolute Gasteiger partial charge is 0.454 e. The number of hydrogen-bond acceptors (Lipinski definition) is 2. The van der Waals surface area contributed by atoms with Crippen molar-refractivity contribution >= 4 is 33.7 Å². The van der Waals surface area contributed by atoms with Crippen LogP contribution in [0.25, 0.3) is 44.3 Å². The molecule has 3 heteroatoms. The van der Waals surface area contributed by atoms with Crippen LogP contribution in [0.5, 0.6) is 0 Å². The number of furan rings is 1. The molecule has 0 atom stereocenters. The molecular formula is C27H22NOS+. The number of para-hydroxylation sites is 1. The summed E-state index contributed by atoms with van der Waals surface area (Å²) in [5, 5.41) is 2.14. The number of aromatic nitrogens is 1. The van der Waals surface area contributed by atoms with E-state index in [0.29, 0.717) is 5.75 Å². The molecule has 0 spiro atoms. The van der Waals surface area contributed by atoms with Crippen molar-refractivity contribution in [3.05, 3.63) is 84.1 Å². The van der Waals surface area contributed by atoms with E-state index in [1.54, 1.807) is 11.8 Å². The van der Waals surface area contributed by atoms with E-state index in [4.69, 9.17) is 7.16 Å². The van der Waals surface area contributed by atoms with Crippen LogP contribution >= 0.6 is 11.8 Å². The van der Waals surface area contributed by atoms with Crippen molar-refractivity contribution in [2.75, 3.05) is 5.75 Å². The monoisotopic (exact) mass is 410 g/mol. The summed E-state index contributed by atoms with van der Waals surface area (Å²) in [7, 11) is 2.05. The number of pyridine rings is 1. The van der Waals surface area contributed by atoms with Crippen LogP contribution in [0, 0.1) is 6.92 Å². The van der Waals surface area contributed by atoms with E-state index in [0.717, 1.165) is 60.3 Å². The van der Waals surface area contributed by atoms with Gasteiger partial charge in [-0.25, -0.2) is 4.57 Å². The summed E-state index contributed by atoms with van der Waals surface area (Å²) in [6.45, 7) is 2.12. The molecule has 0 saturated carbocycles. The second kappa shape index (κ2) is 6.75. The van der Waals surface area contributed by atoms with Gasteiger partial charge in [-0.05, 0) is 42.1 Å². The van der Waals surface area contributed by atoms with Gasteiger partial charge in [0.25, 0.3) is 0 Å². The Labute approximate surface area is 183 Å². The van der Waals surface area contributed by atoms with Gasteiger partial charge >= 0.3 is 0 Å². The smallest absolute Gasteiger partial charge is 0.216 e. The third-order valence-corrected chi connectivity index (χ3v) is 6.92. The fourth-order valence-electron chi connectivity index (χ4n) is 4.52.